The number of aliphatic hydroxyl groups excluding tert-OH is 2. The largest absolute Gasteiger partial charge is 0.478 e. The van der Waals surface area contributed by atoms with Gasteiger partial charge < -0.3 is 15.3 Å². The van der Waals surface area contributed by atoms with E-state index in [9.17, 15) is 15.0 Å². The molecule has 0 amide bonds. The zero-order valence-electron chi connectivity index (χ0n) is 7.79. The van der Waals surface area contributed by atoms with Crippen LogP contribution < -0.4 is 0 Å². The summed E-state index contributed by atoms with van der Waals surface area (Å²) in [6, 6.07) is 4.47. The summed E-state index contributed by atoms with van der Waals surface area (Å²) in [5.74, 6) is -1.05. The number of rotatable bonds is 1. The number of carbonyl (C=O) groups is 1. The predicted octanol–water partition coefficient (Wildman–Crippen LogP) is 0.806. The predicted molar refractivity (Wildman–Crippen MR) is 53.4 cm³/mol. The van der Waals surface area contributed by atoms with E-state index in [0.29, 0.717) is 5.56 Å². The number of hydrogen-bond acceptors (Lipinski definition) is 3. The fraction of sp³-hybridized carbons (Fsp3) is 0.182. The van der Waals surface area contributed by atoms with Crippen LogP contribution in [0.15, 0.2) is 24.3 Å². The summed E-state index contributed by atoms with van der Waals surface area (Å²) in [4.78, 5) is 10.7. The van der Waals surface area contributed by atoms with E-state index in [-0.39, 0.29) is 5.56 Å². The van der Waals surface area contributed by atoms with Crippen LogP contribution in [0.2, 0.25) is 0 Å². The molecule has 3 N–H and O–H groups in total. The van der Waals surface area contributed by atoms with Crippen LogP contribution in [0.4, 0.5) is 0 Å². The van der Waals surface area contributed by atoms with Crippen molar-refractivity contribution in [1.29, 1.82) is 0 Å². The van der Waals surface area contributed by atoms with Crippen LogP contribution in [0.1, 0.15) is 27.6 Å². The highest BCUT2D eigenvalue weighted by molar-refractivity contribution is 5.88. The zero-order valence-corrected chi connectivity index (χ0v) is 7.79. The monoisotopic (exact) mass is 206 g/mol. The molecular weight excluding hydrogens is 196 g/mol. The molecule has 0 heterocycles. The molecule has 0 spiro atoms. The first-order valence-corrected chi connectivity index (χ1v) is 4.51. The lowest BCUT2D eigenvalue weighted by atomic mass is 9.91. The van der Waals surface area contributed by atoms with Gasteiger partial charge in [0.15, 0.2) is 0 Å². The van der Waals surface area contributed by atoms with Gasteiger partial charge in [0.1, 0.15) is 12.2 Å². The highest BCUT2D eigenvalue weighted by Gasteiger charge is 2.23. The minimum Gasteiger partial charge on any atom is -0.478 e. The summed E-state index contributed by atoms with van der Waals surface area (Å²) in [7, 11) is 0. The van der Waals surface area contributed by atoms with Crippen LogP contribution in [0.5, 0.6) is 0 Å². The second-order valence-electron chi connectivity index (χ2n) is 3.44. The van der Waals surface area contributed by atoms with Crippen LogP contribution in [0.3, 0.4) is 0 Å². The molecule has 0 bridgehead atoms. The van der Waals surface area contributed by atoms with Crippen molar-refractivity contribution in [2.24, 2.45) is 0 Å². The van der Waals surface area contributed by atoms with Crippen molar-refractivity contribution in [2.75, 3.05) is 0 Å². The van der Waals surface area contributed by atoms with E-state index in [4.69, 9.17) is 5.11 Å². The van der Waals surface area contributed by atoms with Gasteiger partial charge in [0.05, 0.1) is 5.56 Å². The maximum Gasteiger partial charge on any atom is 0.335 e. The smallest absolute Gasteiger partial charge is 0.335 e. The molecule has 2 rings (SSSR count). The maximum atomic E-state index is 10.7. The molecule has 0 aromatic heterocycles. The highest BCUT2D eigenvalue weighted by Crippen LogP contribution is 2.28. The lowest BCUT2D eigenvalue weighted by Crippen LogP contribution is -2.19. The minimum absolute atomic E-state index is 0.107. The third-order valence-electron chi connectivity index (χ3n) is 2.45. The standard InChI is InChI=1S/C11H10O4/c12-9-4-3-6-1-2-7(11(14)15)5-8(6)10(9)13/h1-5,9-10,12-13H,(H,14,15)/t9-,10+/m0/s1. The number of fused-ring (bicyclic) bond motifs is 1. The molecule has 1 aromatic carbocycles. The molecule has 1 aliphatic rings. The summed E-state index contributed by atoms with van der Waals surface area (Å²) < 4.78 is 0. The van der Waals surface area contributed by atoms with Crippen molar-refractivity contribution in [2.45, 2.75) is 12.2 Å². The lowest BCUT2D eigenvalue weighted by Gasteiger charge is -2.21. The molecule has 0 saturated carbocycles. The Labute approximate surface area is 86.1 Å². The van der Waals surface area contributed by atoms with Gasteiger partial charge in [-0.15, -0.1) is 0 Å². The third kappa shape index (κ3) is 1.65. The average Bonchev–Trinajstić information content (AvgIpc) is 2.23. The Balaban J connectivity index is 2.52. The molecule has 0 aliphatic heterocycles. The second-order valence-corrected chi connectivity index (χ2v) is 3.44. The van der Waals surface area contributed by atoms with E-state index in [1.165, 1.54) is 18.2 Å². The molecule has 0 radical (unpaired) electrons. The molecule has 0 saturated heterocycles. The first-order chi connectivity index (χ1) is 7.09. The van der Waals surface area contributed by atoms with E-state index in [1.807, 2.05) is 0 Å². The molecule has 78 valence electrons. The van der Waals surface area contributed by atoms with Gasteiger partial charge in [-0.2, -0.15) is 0 Å². The maximum absolute atomic E-state index is 10.7. The summed E-state index contributed by atoms with van der Waals surface area (Å²) in [6.07, 6.45) is 1.12. The topological polar surface area (TPSA) is 77.8 Å². The van der Waals surface area contributed by atoms with Gasteiger partial charge in [0.25, 0.3) is 0 Å². The molecule has 1 aliphatic carbocycles. The molecule has 0 unspecified atom stereocenters. The third-order valence-corrected chi connectivity index (χ3v) is 2.45. The summed E-state index contributed by atoms with van der Waals surface area (Å²) in [6.45, 7) is 0. The normalized spacial score (nSPS) is 23.6. The van der Waals surface area contributed by atoms with Gasteiger partial charge >= 0.3 is 5.97 Å². The SMILES string of the molecule is O=C(O)c1ccc2c(c1)[C@@H](O)[C@@H](O)C=C2. The van der Waals surface area contributed by atoms with Crippen molar-refractivity contribution >= 4 is 12.0 Å². The quantitative estimate of drug-likeness (QED) is 0.635. The number of aliphatic hydroxyl groups is 2. The molecule has 2 atom stereocenters. The van der Waals surface area contributed by atoms with E-state index < -0.39 is 18.2 Å². The van der Waals surface area contributed by atoms with Gasteiger partial charge in [-0.25, -0.2) is 4.79 Å². The fourth-order valence-corrected chi connectivity index (χ4v) is 1.61. The Morgan fingerprint density at radius 1 is 1.27 bits per heavy atom. The van der Waals surface area contributed by atoms with Crippen LogP contribution in [0.25, 0.3) is 6.08 Å². The Bertz CT molecular complexity index is 436. The van der Waals surface area contributed by atoms with E-state index in [1.54, 1.807) is 12.1 Å². The van der Waals surface area contributed by atoms with Crippen molar-refractivity contribution in [1.82, 2.24) is 0 Å². The lowest BCUT2D eigenvalue weighted by molar-refractivity contribution is 0.0468. The summed E-state index contributed by atoms with van der Waals surface area (Å²) in [5, 5.41) is 27.8. The van der Waals surface area contributed by atoms with Gasteiger partial charge in [-0.1, -0.05) is 18.2 Å². The number of benzene rings is 1. The Kier molecular flexibility index (Phi) is 2.30. The van der Waals surface area contributed by atoms with Gasteiger partial charge in [0.2, 0.25) is 0 Å². The Morgan fingerprint density at radius 2 is 2.00 bits per heavy atom. The zero-order chi connectivity index (χ0) is 11.0. The van der Waals surface area contributed by atoms with E-state index >= 15 is 0 Å². The van der Waals surface area contributed by atoms with Crippen molar-refractivity contribution < 1.29 is 20.1 Å². The van der Waals surface area contributed by atoms with Crippen molar-refractivity contribution in [3.8, 4) is 0 Å². The van der Waals surface area contributed by atoms with Gasteiger partial charge in [-0.05, 0) is 23.3 Å². The van der Waals surface area contributed by atoms with Crippen molar-refractivity contribution in [3.63, 3.8) is 0 Å². The van der Waals surface area contributed by atoms with E-state index in [2.05, 4.69) is 0 Å². The van der Waals surface area contributed by atoms with E-state index in [0.717, 1.165) is 5.56 Å². The highest BCUT2D eigenvalue weighted by atomic mass is 16.4. The average molecular weight is 206 g/mol. The number of hydrogen-bond donors (Lipinski definition) is 3. The molecule has 4 heteroatoms. The van der Waals surface area contributed by atoms with Gasteiger partial charge in [-0.3, -0.25) is 0 Å². The molecule has 1 aromatic rings. The number of aromatic carboxylic acids is 1. The first-order valence-electron chi connectivity index (χ1n) is 4.51. The Morgan fingerprint density at radius 3 is 2.67 bits per heavy atom. The molecular formula is C11H10O4. The Hall–Kier alpha value is -1.65. The van der Waals surface area contributed by atoms with Crippen molar-refractivity contribution in [3.05, 3.63) is 41.0 Å². The fourth-order valence-electron chi connectivity index (χ4n) is 1.61. The summed E-state index contributed by atoms with van der Waals surface area (Å²) in [5.41, 5.74) is 1.29. The number of carboxylic acid groups (broad SMARTS) is 1. The van der Waals surface area contributed by atoms with Crippen LogP contribution in [-0.4, -0.2) is 27.4 Å². The summed E-state index contributed by atoms with van der Waals surface area (Å²) >= 11 is 0. The van der Waals surface area contributed by atoms with Crippen LogP contribution in [0, 0.1) is 0 Å². The molecule has 0 fully saturated rings. The van der Waals surface area contributed by atoms with Crippen LogP contribution in [-0.2, 0) is 0 Å². The molecule has 15 heavy (non-hydrogen) atoms. The molecule has 4 nitrogen and oxygen atoms in total. The number of carboxylic acids is 1. The second kappa shape index (κ2) is 3.49. The minimum atomic E-state index is -1.05. The first kappa shape index (κ1) is 9.89. The van der Waals surface area contributed by atoms with Crippen LogP contribution >= 0.6 is 0 Å². The van der Waals surface area contributed by atoms with Gasteiger partial charge in [0, 0.05) is 0 Å².